The molecule has 0 fully saturated rings. The van der Waals surface area contributed by atoms with Crippen molar-refractivity contribution < 1.29 is 14.3 Å². The van der Waals surface area contributed by atoms with Crippen LogP contribution in [0.1, 0.15) is 27.3 Å². The highest BCUT2D eigenvalue weighted by molar-refractivity contribution is 5.80. The molecule has 0 aliphatic carbocycles. The molecule has 0 unspecified atom stereocenters. The minimum Gasteiger partial charge on any atom is -0.483 e. The lowest BCUT2D eigenvalue weighted by Gasteiger charge is -2.09. The number of nitrogens with one attached hydrogen (secondary N) is 1. The Labute approximate surface area is 157 Å². The third-order valence-electron chi connectivity index (χ3n) is 4.31. The van der Waals surface area contributed by atoms with Gasteiger partial charge in [0, 0.05) is 17.8 Å². The van der Waals surface area contributed by atoms with Crippen molar-refractivity contribution in [1.29, 1.82) is 0 Å². The first-order chi connectivity index (χ1) is 13.1. The van der Waals surface area contributed by atoms with Crippen LogP contribution in [-0.4, -0.2) is 28.6 Å². The van der Waals surface area contributed by atoms with E-state index in [4.69, 9.17) is 4.74 Å². The summed E-state index contributed by atoms with van der Waals surface area (Å²) in [5.74, 6) is 0.133. The second-order valence-corrected chi connectivity index (χ2v) is 6.12. The maximum atomic E-state index is 12.1. The molecule has 3 rings (SSSR count). The topological polar surface area (TPSA) is 73.2 Å². The Kier molecular flexibility index (Phi) is 5.66. The highest BCUT2D eigenvalue weighted by Crippen LogP contribution is 2.18. The number of ether oxygens (including phenoxy) is 1. The zero-order valence-electron chi connectivity index (χ0n) is 15.3. The predicted octanol–water partition coefficient (Wildman–Crippen LogP) is 3.00. The van der Waals surface area contributed by atoms with Gasteiger partial charge in [0.25, 0.3) is 5.91 Å². The molecule has 1 amide bonds. The summed E-state index contributed by atoms with van der Waals surface area (Å²) in [5.41, 5.74) is 4.21. The van der Waals surface area contributed by atoms with E-state index in [1.807, 2.05) is 48.9 Å². The Morgan fingerprint density at radius 2 is 1.81 bits per heavy atom. The van der Waals surface area contributed by atoms with Gasteiger partial charge in [0.05, 0.1) is 16.9 Å². The first kappa shape index (κ1) is 18.4. The van der Waals surface area contributed by atoms with Gasteiger partial charge in [-0.15, -0.1) is 0 Å². The van der Waals surface area contributed by atoms with Gasteiger partial charge in [-0.3, -0.25) is 9.59 Å². The van der Waals surface area contributed by atoms with Gasteiger partial charge in [-0.1, -0.05) is 30.3 Å². The molecule has 0 saturated heterocycles. The summed E-state index contributed by atoms with van der Waals surface area (Å²) in [6.07, 6.45) is 0.706. The van der Waals surface area contributed by atoms with Crippen molar-refractivity contribution in [2.24, 2.45) is 0 Å². The molecule has 138 valence electrons. The van der Waals surface area contributed by atoms with Crippen LogP contribution in [0.4, 0.5) is 0 Å². The Morgan fingerprint density at radius 3 is 2.56 bits per heavy atom. The van der Waals surface area contributed by atoms with Crippen LogP contribution in [0.3, 0.4) is 0 Å². The van der Waals surface area contributed by atoms with E-state index in [0.717, 1.165) is 22.6 Å². The van der Waals surface area contributed by atoms with Crippen LogP contribution in [0.5, 0.6) is 5.75 Å². The molecule has 0 spiro atoms. The summed E-state index contributed by atoms with van der Waals surface area (Å²) < 4.78 is 7.32. The van der Waals surface area contributed by atoms with E-state index in [2.05, 4.69) is 10.4 Å². The molecule has 0 aliphatic heterocycles. The standard InChI is InChI=1S/C21H21N3O3/c1-15-19(16(2)24(23-15)18-9-4-3-5-10-18)12-22-21(26)14-27-20-11-7-6-8-17(20)13-25/h3-11,13H,12,14H2,1-2H3,(H,22,26). The van der Waals surface area contributed by atoms with Gasteiger partial charge in [-0.05, 0) is 38.1 Å². The first-order valence-electron chi connectivity index (χ1n) is 8.64. The lowest BCUT2D eigenvalue weighted by molar-refractivity contribution is -0.123. The summed E-state index contributed by atoms with van der Waals surface area (Å²) >= 11 is 0. The highest BCUT2D eigenvalue weighted by Gasteiger charge is 2.14. The fraction of sp³-hybridized carbons (Fsp3) is 0.190. The zero-order chi connectivity index (χ0) is 19.2. The van der Waals surface area contributed by atoms with Crippen LogP contribution in [0.15, 0.2) is 54.6 Å². The summed E-state index contributed by atoms with van der Waals surface area (Å²) in [6, 6.07) is 16.7. The van der Waals surface area contributed by atoms with E-state index in [0.29, 0.717) is 24.1 Å². The van der Waals surface area contributed by atoms with Gasteiger partial charge in [0.1, 0.15) is 5.75 Å². The van der Waals surface area contributed by atoms with E-state index in [9.17, 15) is 9.59 Å². The average Bonchev–Trinajstić information content (AvgIpc) is 2.99. The number of amides is 1. The SMILES string of the molecule is Cc1nn(-c2ccccc2)c(C)c1CNC(=O)COc1ccccc1C=O. The molecule has 0 atom stereocenters. The summed E-state index contributed by atoms with van der Waals surface area (Å²) in [6.45, 7) is 4.11. The molecular weight excluding hydrogens is 342 g/mol. The first-order valence-corrected chi connectivity index (χ1v) is 8.64. The number of rotatable bonds is 7. The van der Waals surface area contributed by atoms with Crippen molar-refractivity contribution in [3.63, 3.8) is 0 Å². The number of carbonyl (C=O) groups is 2. The number of carbonyl (C=O) groups excluding carboxylic acids is 2. The van der Waals surface area contributed by atoms with Crippen LogP contribution >= 0.6 is 0 Å². The quantitative estimate of drug-likeness (QED) is 0.655. The number of benzene rings is 2. The van der Waals surface area contributed by atoms with Crippen molar-refractivity contribution in [3.05, 3.63) is 77.1 Å². The van der Waals surface area contributed by atoms with Crippen molar-refractivity contribution >= 4 is 12.2 Å². The minimum atomic E-state index is -0.262. The molecule has 6 heteroatoms. The molecule has 0 aliphatic rings. The Bertz CT molecular complexity index is 949. The van der Waals surface area contributed by atoms with Crippen molar-refractivity contribution in [1.82, 2.24) is 15.1 Å². The van der Waals surface area contributed by atoms with E-state index >= 15 is 0 Å². The largest absolute Gasteiger partial charge is 0.483 e. The molecule has 0 radical (unpaired) electrons. The Morgan fingerprint density at radius 1 is 1.11 bits per heavy atom. The second-order valence-electron chi connectivity index (χ2n) is 6.12. The van der Waals surface area contributed by atoms with E-state index in [-0.39, 0.29) is 12.5 Å². The number of hydrogen-bond donors (Lipinski definition) is 1. The number of hydrogen-bond acceptors (Lipinski definition) is 4. The van der Waals surface area contributed by atoms with Crippen molar-refractivity contribution in [2.45, 2.75) is 20.4 Å². The average molecular weight is 363 g/mol. The number of aldehydes is 1. The van der Waals surface area contributed by atoms with Gasteiger partial charge < -0.3 is 10.1 Å². The van der Waals surface area contributed by atoms with Gasteiger partial charge in [0.2, 0.25) is 0 Å². The van der Waals surface area contributed by atoms with Crippen LogP contribution < -0.4 is 10.1 Å². The Balaban J connectivity index is 1.62. The third kappa shape index (κ3) is 4.23. The van der Waals surface area contributed by atoms with E-state index in [1.165, 1.54) is 0 Å². The maximum absolute atomic E-state index is 12.1. The summed E-state index contributed by atoms with van der Waals surface area (Å²) in [5, 5.41) is 7.42. The molecule has 2 aromatic carbocycles. The molecule has 6 nitrogen and oxygen atoms in total. The van der Waals surface area contributed by atoms with Gasteiger partial charge in [-0.25, -0.2) is 4.68 Å². The molecule has 1 N–H and O–H groups in total. The molecule has 1 aromatic heterocycles. The molecule has 1 heterocycles. The molecule has 27 heavy (non-hydrogen) atoms. The fourth-order valence-electron chi connectivity index (χ4n) is 2.84. The van der Waals surface area contributed by atoms with Crippen LogP contribution in [0.2, 0.25) is 0 Å². The lowest BCUT2D eigenvalue weighted by atomic mass is 10.2. The second kappa shape index (κ2) is 8.31. The van der Waals surface area contributed by atoms with E-state index < -0.39 is 0 Å². The van der Waals surface area contributed by atoms with Gasteiger partial charge in [-0.2, -0.15) is 5.10 Å². The summed E-state index contributed by atoms with van der Waals surface area (Å²) in [7, 11) is 0. The molecule has 3 aromatic rings. The Hall–Kier alpha value is -3.41. The minimum absolute atomic E-state index is 0.157. The number of aryl methyl sites for hydroxylation is 1. The lowest BCUT2D eigenvalue weighted by Crippen LogP contribution is -2.29. The maximum Gasteiger partial charge on any atom is 0.258 e. The predicted molar refractivity (Wildman–Crippen MR) is 102 cm³/mol. The highest BCUT2D eigenvalue weighted by atomic mass is 16.5. The van der Waals surface area contributed by atoms with Gasteiger partial charge >= 0.3 is 0 Å². The monoisotopic (exact) mass is 363 g/mol. The summed E-state index contributed by atoms with van der Waals surface area (Å²) in [4.78, 5) is 23.1. The van der Waals surface area contributed by atoms with Crippen molar-refractivity contribution in [2.75, 3.05) is 6.61 Å². The molecular formula is C21H21N3O3. The van der Waals surface area contributed by atoms with Crippen molar-refractivity contribution in [3.8, 4) is 11.4 Å². The van der Waals surface area contributed by atoms with Gasteiger partial charge in [0.15, 0.2) is 12.9 Å². The fourth-order valence-corrected chi connectivity index (χ4v) is 2.84. The number of para-hydroxylation sites is 2. The third-order valence-corrected chi connectivity index (χ3v) is 4.31. The molecule has 0 bridgehead atoms. The number of nitrogens with zero attached hydrogens (tertiary/aromatic N) is 2. The van der Waals surface area contributed by atoms with Crippen LogP contribution in [0.25, 0.3) is 5.69 Å². The normalized spacial score (nSPS) is 10.4. The van der Waals surface area contributed by atoms with Crippen LogP contribution in [-0.2, 0) is 11.3 Å². The smallest absolute Gasteiger partial charge is 0.258 e. The zero-order valence-corrected chi connectivity index (χ0v) is 15.3. The molecule has 0 saturated carbocycles. The number of aromatic nitrogens is 2. The van der Waals surface area contributed by atoms with Crippen LogP contribution in [0, 0.1) is 13.8 Å². The van der Waals surface area contributed by atoms with E-state index in [1.54, 1.807) is 24.3 Å².